The summed E-state index contributed by atoms with van der Waals surface area (Å²) < 4.78 is 11.8. The summed E-state index contributed by atoms with van der Waals surface area (Å²) in [4.78, 5) is 27.9. The molecule has 0 fully saturated rings. The van der Waals surface area contributed by atoms with E-state index in [0.29, 0.717) is 24.5 Å². The molecule has 1 aromatic heterocycles. The Bertz CT molecular complexity index is 1200. The number of hydrogen-bond donors (Lipinski definition) is 1. The first kappa shape index (κ1) is 21.5. The van der Waals surface area contributed by atoms with Crippen molar-refractivity contribution in [3.05, 3.63) is 75.5 Å². The van der Waals surface area contributed by atoms with Gasteiger partial charge in [-0.15, -0.1) is 11.3 Å². The van der Waals surface area contributed by atoms with E-state index in [-0.39, 0.29) is 24.0 Å². The molecule has 0 saturated heterocycles. The van der Waals surface area contributed by atoms with Crippen molar-refractivity contribution in [2.45, 2.75) is 38.8 Å². The topological polar surface area (TPSA) is 67.9 Å². The minimum atomic E-state index is -0.272. The van der Waals surface area contributed by atoms with Crippen molar-refractivity contribution in [3.63, 3.8) is 0 Å². The predicted octanol–water partition coefficient (Wildman–Crippen LogP) is 4.68. The predicted molar refractivity (Wildman–Crippen MR) is 128 cm³/mol. The first-order valence-electron chi connectivity index (χ1n) is 11.1. The number of nitrogens with one attached hydrogen (secondary N) is 1. The van der Waals surface area contributed by atoms with Crippen molar-refractivity contribution >= 4 is 28.8 Å². The molecule has 2 aliphatic heterocycles. The Labute approximate surface area is 197 Å². The number of hydrogen-bond acceptors (Lipinski definition) is 5. The van der Waals surface area contributed by atoms with E-state index < -0.39 is 0 Å². The highest BCUT2D eigenvalue weighted by molar-refractivity contribution is 7.12. The van der Waals surface area contributed by atoms with Crippen LogP contribution in [0.25, 0.3) is 0 Å². The normalized spacial score (nSPS) is 15.9. The Morgan fingerprint density at radius 1 is 1.12 bits per heavy atom. The Hall–Kier alpha value is -3.32. The van der Waals surface area contributed by atoms with E-state index in [2.05, 4.69) is 5.32 Å². The van der Waals surface area contributed by atoms with Gasteiger partial charge in [0.1, 0.15) is 5.60 Å². The van der Waals surface area contributed by atoms with Crippen LogP contribution in [0.4, 0.5) is 5.69 Å². The SMILES string of the molecule is CC1(C)Cc2cccc(OCC(=O)Nc3ccc4c(c3)CN(C(=O)c3cccs3)CC4)c2O1. The molecular weight excluding hydrogens is 436 g/mol. The molecule has 2 aliphatic rings. The molecule has 6 nitrogen and oxygen atoms in total. The first-order valence-corrected chi connectivity index (χ1v) is 11.9. The largest absolute Gasteiger partial charge is 0.483 e. The second kappa shape index (κ2) is 8.56. The minimum absolute atomic E-state index is 0.0549. The maximum Gasteiger partial charge on any atom is 0.264 e. The van der Waals surface area contributed by atoms with E-state index in [9.17, 15) is 9.59 Å². The zero-order valence-electron chi connectivity index (χ0n) is 18.7. The lowest BCUT2D eigenvalue weighted by atomic mass is 9.99. The first-order chi connectivity index (χ1) is 15.9. The number of carbonyl (C=O) groups excluding carboxylic acids is 2. The highest BCUT2D eigenvalue weighted by Crippen LogP contribution is 2.41. The maximum absolute atomic E-state index is 12.7. The van der Waals surface area contributed by atoms with Gasteiger partial charge in [-0.2, -0.15) is 0 Å². The molecule has 0 radical (unpaired) electrons. The quantitative estimate of drug-likeness (QED) is 0.598. The lowest BCUT2D eigenvalue weighted by molar-refractivity contribution is -0.118. The van der Waals surface area contributed by atoms with Crippen LogP contribution in [0.1, 0.15) is 40.2 Å². The fourth-order valence-corrected chi connectivity index (χ4v) is 5.10. The van der Waals surface area contributed by atoms with Crippen LogP contribution in [-0.2, 0) is 24.2 Å². The zero-order chi connectivity index (χ0) is 23.0. The summed E-state index contributed by atoms with van der Waals surface area (Å²) in [6.07, 6.45) is 1.62. The third-order valence-corrected chi connectivity index (χ3v) is 6.79. The Morgan fingerprint density at radius 3 is 2.82 bits per heavy atom. The van der Waals surface area contributed by atoms with Gasteiger partial charge in [0.15, 0.2) is 18.1 Å². The average molecular weight is 463 g/mol. The Kier molecular flexibility index (Phi) is 5.58. The number of amides is 2. The minimum Gasteiger partial charge on any atom is -0.483 e. The fraction of sp³-hybridized carbons (Fsp3) is 0.308. The number of fused-ring (bicyclic) bond motifs is 2. The van der Waals surface area contributed by atoms with Crippen LogP contribution in [0.2, 0.25) is 0 Å². The highest BCUT2D eigenvalue weighted by atomic mass is 32.1. The smallest absolute Gasteiger partial charge is 0.264 e. The van der Waals surface area contributed by atoms with Crippen molar-refractivity contribution in [2.75, 3.05) is 18.5 Å². The zero-order valence-corrected chi connectivity index (χ0v) is 19.5. The van der Waals surface area contributed by atoms with Gasteiger partial charge in [-0.3, -0.25) is 9.59 Å². The second-order valence-corrected chi connectivity index (χ2v) is 10.0. The molecule has 3 heterocycles. The average Bonchev–Trinajstić information content (AvgIpc) is 3.43. The molecule has 0 spiro atoms. The van der Waals surface area contributed by atoms with Gasteiger partial charge in [0.05, 0.1) is 4.88 Å². The van der Waals surface area contributed by atoms with E-state index in [1.165, 1.54) is 16.9 Å². The fourth-order valence-electron chi connectivity index (χ4n) is 4.41. The lowest BCUT2D eigenvalue weighted by Gasteiger charge is -2.29. The standard InChI is InChI=1S/C26H26N2O4S/c1-26(2)14-18-5-3-6-21(24(18)32-26)31-16-23(29)27-20-9-8-17-10-11-28(15-19(17)13-20)25(30)22-7-4-12-33-22/h3-9,12-13H,10-11,14-16H2,1-2H3,(H,27,29). The monoisotopic (exact) mass is 462 g/mol. The molecule has 1 N–H and O–H groups in total. The van der Waals surface area contributed by atoms with E-state index in [1.54, 1.807) is 0 Å². The molecule has 0 bridgehead atoms. The molecule has 2 aromatic carbocycles. The van der Waals surface area contributed by atoms with Crippen molar-refractivity contribution in [2.24, 2.45) is 0 Å². The Morgan fingerprint density at radius 2 is 2.00 bits per heavy atom. The molecule has 0 saturated carbocycles. The van der Waals surface area contributed by atoms with Gasteiger partial charge in [0.2, 0.25) is 0 Å². The van der Waals surface area contributed by atoms with Crippen LogP contribution in [0.3, 0.4) is 0 Å². The van der Waals surface area contributed by atoms with Crippen molar-refractivity contribution in [1.29, 1.82) is 0 Å². The van der Waals surface area contributed by atoms with Gasteiger partial charge in [0, 0.05) is 30.8 Å². The number of ether oxygens (including phenoxy) is 2. The highest BCUT2D eigenvalue weighted by Gasteiger charge is 2.32. The lowest BCUT2D eigenvalue weighted by Crippen LogP contribution is -2.35. The number of benzene rings is 2. The van der Waals surface area contributed by atoms with Crippen molar-refractivity contribution in [1.82, 2.24) is 4.90 Å². The summed E-state index contributed by atoms with van der Waals surface area (Å²) in [7, 11) is 0. The van der Waals surface area contributed by atoms with Crippen LogP contribution in [0.15, 0.2) is 53.9 Å². The van der Waals surface area contributed by atoms with Gasteiger partial charge >= 0.3 is 0 Å². The van der Waals surface area contributed by atoms with Gasteiger partial charge in [-0.1, -0.05) is 24.3 Å². The second-order valence-electron chi connectivity index (χ2n) is 9.06. The van der Waals surface area contributed by atoms with E-state index in [1.807, 2.05) is 72.7 Å². The van der Waals surface area contributed by atoms with E-state index in [4.69, 9.17) is 9.47 Å². The van der Waals surface area contributed by atoms with Crippen LogP contribution >= 0.6 is 11.3 Å². The Balaban J connectivity index is 1.22. The number of carbonyl (C=O) groups is 2. The molecule has 5 rings (SSSR count). The molecule has 0 unspecified atom stereocenters. The van der Waals surface area contributed by atoms with Crippen molar-refractivity contribution in [3.8, 4) is 11.5 Å². The van der Waals surface area contributed by atoms with E-state index in [0.717, 1.165) is 34.6 Å². The van der Waals surface area contributed by atoms with Crippen LogP contribution in [-0.4, -0.2) is 35.5 Å². The number of anilines is 1. The van der Waals surface area contributed by atoms with Gasteiger partial charge < -0.3 is 19.7 Å². The van der Waals surface area contributed by atoms with Crippen LogP contribution in [0, 0.1) is 0 Å². The summed E-state index contributed by atoms with van der Waals surface area (Å²) in [5, 5.41) is 4.83. The molecule has 170 valence electrons. The molecule has 0 atom stereocenters. The summed E-state index contributed by atoms with van der Waals surface area (Å²) in [5.41, 5.74) is 3.78. The summed E-state index contributed by atoms with van der Waals surface area (Å²) in [6, 6.07) is 15.4. The molecule has 7 heteroatoms. The molecule has 33 heavy (non-hydrogen) atoms. The van der Waals surface area contributed by atoms with Crippen molar-refractivity contribution < 1.29 is 19.1 Å². The third kappa shape index (κ3) is 4.59. The summed E-state index contributed by atoms with van der Waals surface area (Å²) in [6.45, 7) is 5.20. The molecule has 3 aromatic rings. The third-order valence-electron chi connectivity index (χ3n) is 5.94. The summed E-state index contributed by atoms with van der Waals surface area (Å²) in [5.74, 6) is 1.12. The molecule has 0 aliphatic carbocycles. The number of nitrogens with zero attached hydrogens (tertiary/aromatic N) is 1. The molecule has 2 amide bonds. The number of para-hydroxylation sites is 1. The van der Waals surface area contributed by atoms with Gasteiger partial charge in [-0.25, -0.2) is 0 Å². The van der Waals surface area contributed by atoms with Gasteiger partial charge in [-0.05, 0) is 61.0 Å². The number of thiophene rings is 1. The van der Waals surface area contributed by atoms with E-state index >= 15 is 0 Å². The van der Waals surface area contributed by atoms with Gasteiger partial charge in [0.25, 0.3) is 11.8 Å². The van der Waals surface area contributed by atoms with Crippen LogP contribution in [0.5, 0.6) is 11.5 Å². The van der Waals surface area contributed by atoms with Crippen LogP contribution < -0.4 is 14.8 Å². The molecular formula is C26H26N2O4S. The summed E-state index contributed by atoms with van der Waals surface area (Å²) >= 11 is 1.46. The number of rotatable bonds is 5. The maximum atomic E-state index is 12.7.